The number of carbonyl (C=O) groups excluding carboxylic acids is 2. The molecule has 0 saturated carbocycles. The van der Waals surface area contributed by atoms with Gasteiger partial charge in [-0.2, -0.15) is 0 Å². The van der Waals surface area contributed by atoms with E-state index in [2.05, 4.69) is 15.5 Å². The van der Waals surface area contributed by atoms with Crippen molar-refractivity contribution in [1.82, 2.24) is 10.2 Å². The molecule has 7 nitrogen and oxygen atoms in total. The maximum absolute atomic E-state index is 12.0. The van der Waals surface area contributed by atoms with Crippen LogP contribution < -0.4 is 5.32 Å². The number of hydrogen-bond donors (Lipinski definition) is 1. The fraction of sp³-hybridized carbons (Fsp3) is 0.158. The van der Waals surface area contributed by atoms with E-state index < -0.39 is 18.5 Å². The third kappa shape index (κ3) is 4.32. The lowest BCUT2D eigenvalue weighted by Crippen LogP contribution is -2.21. The van der Waals surface area contributed by atoms with E-state index in [0.29, 0.717) is 5.56 Å². The van der Waals surface area contributed by atoms with Gasteiger partial charge >= 0.3 is 12.0 Å². The summed E-state index contributed by atoms with van der Waals surface area (Å²) in [5.41, 5.74) is 3.03. The van der Waals surface area contributed by atoms with Crippen LogP contribution in [0.25, 0.3) is 11.5 Å². The van der Waals surface area contributed by atoms with Crippen LogP contribution in [-0.4, -0.2) is 28.7 Å². The van der Waals surface area contributed by atoms with E-state index in [1.165, 1.54) is 0 Å². The molecule has 1 heterocycles. The van der Waals surface area contributed by atoms with E-state index in [-0.39, 0.29) is 11.9 Å². The van der Waals surface area contributed by atoms with Crippen LogP contribution >= 0.6 is 0 Å². The summed E-state index contributed by atoms with van der Waals surface area (Å²) < 4.78 is 10.4. The lowest BCUT2D eigenvalue weighted by atomic mass is 10.1. The molecule has 7 heteroatoms. The van der Waals surface area contributed by atoms with Crippen LogP contribution in [0.4, 0.5) is 6.01 Å². The Bertz CT molecular complexity index is 915. The molecule has 0 radical (unpaired) electrons. The maximum atomic E-state index is 12.0. The average molecular weight is 351 g/mol. The summed E-state index contributed by atoms with van der Waals surface area (Å²) >= 11 is 0. The molecule has 0 unspecified atom stereocenters. The van der Waals surface area contributed by atoms with Crippen molar-refractivity contribution in [2.75, 3.05) is 11.9 Å². The minimum atomic E-state index is -0.567. The van der Waals surface area contributed by atoms with Gasteiger partial charge in [-0.25, -0.2) is 4.79 Å². The Morgan fingerprint density at radius 1 is 1.04 bits per heavy atom. The maximum Gasteiger partial charge on any atom is 0.338 e. The Balaban J connectivity index is 1.56. The van der Waals surface area contributed by atoms with Crippen molar-refractivity contribution in [2.45, 2.75) is 13.8 Å². The van der Waals surface area contributed by atoms with Gasteiger partial charge in [0.1, 0.15) is 0 Å². The van der Waals surface area contributed by atoms with E-state index in [0.717, 1.165) is 16.7 Å². The number of anilines is 1. The van der Waals surface area contributed by atoms with Crippen molar-refractivity contribution in [3.8, 4) is 11.5 Å². The Kier molecular flexibility index (Phi) is 5.07. The van der Waals surface area contributed by atoms with E-state index in [1.807, 2.05) is 50.2 Å². The molecule has 0 spiro atoms. The van der Waals surface area contributed by atoms with Crippen LogP contribution in [0.5, 0.6) is 0 Å². The van der Waals surface area contributed by atoms with Gasteiger partial charge in [0.25, 0.3) is 5.91 Å². The minimum Gasteiger partial charge on any atom is -0.452 e. The largest absolute Gasteiger partial charge is 0.452 e. The molecule has 0 atom stereocenters. The molecule has 0 bridgehead atoms. The highest BCUT2D eigenvalue weighted by molar-refractivity contribution is 5.94. The number of amides is 1. The van der Waals surface area contributed by atoms with Gasteiger partial charge < -0.3 is 9.15 Å². The van der Waals surface area contributed by atoms with Crippen molar-refractivity contribution < 1.29 is 18.7 Å². The second kappa shape index (κ2) is 7.60. The van der Waals surface area contributed by atoms with E-state index in [9.17, 15) is 9.59 Å². The summed E-state index contributed by atoms with van der Waals surface area (Å²) in [6.45, 7) is 3.32. The second-order valence-electron chi connectivity index (χ2n) is 5.78. The van der Waals surface area contributed by atoms with Crippen LogP contribution in [0, 0.1) is 13.8 Å². The Hall–Kier alpha value is -3.48. The summed E-state index contributed by atoms with van der Waals surface area (Å²) in [6, 6.07) is 14.5. The molecule has 0 fully saturated rings. The molecular weight excluding hydrogens is 334 g/mol. The number of hydrogen-bond acceptors (Lipinski definition) is 6. The molecule has 3 rings (SSSR count). The number of ether oxygens (including phenoxy) is 1. The first kappa shape index (κ1) is 17.3. The van der Waals surface area contributed by atoms with Crippen LogP contribution in [0.3, 0.4) is 0 Å². The molecule has 26 heavy (non-hydrogen) atoms. The van der Waals surface area contributed by atoms with Crippen molar-refractivity contribution in [1.29, 1.82) is 0 Å². The highest BCUT2D eigenvalue weighted by Crippen LogP contribution is 2.19. The minimum absolute atomic E-state index is 0.0590. The van der Waals surface area contributed by atoms with Crippen molar-refractivity contribution in [3.05, 3.63) is 65.2 Å². The van der Waals surface area contributed by atoms with Crippen LogP contribution in [0.1, 0.15) is 21.5 Å². The number of nitrogens with one attached hydrogen (secondary N) is 1. The smallest absolute Gasteiger partial charge is 0.338 e. The summed E-state index contributed by atoms with van der Waals surface area (Å²) in [5.74, 6) is -0.846. The quantitative estimate of drug-likeness (QED) is 0.710. The predicted molar refractivity (Wildman–Crippen MR) is 94.6 cm³/mol. The molecule has 1 N–H and O–H groups in total. The number of aryl methyl sites for hydroxylation is 2. The van der Waals surface area contributed by atoms with Gasteiger partial charge in [0.15, 0.2) is 6.61 Å². The molecular formula is C19H17N3O4. The number of aromatic nitrogens is 2. The predicted octanol–water partition coefficient (Wildman–Crippen LogP) is 3.15. The Morgan fingerprint density at radius 2 is 1.73 bits per heavy atom. The molecule has 1 aromatic heterocycles. The molecule has 2 aromatic carbocycles. The lowest BCUT2D eigenvalue weighted by Gasteiger charge is -2.06. The summed E-state index contributed by atoms with van der Waals surface area (Å²) in [7, 11) is 0. The van der Waals surface area contributed by atoms with Crippen LogP contribution in [-0.2, 0) is 9.53 Å². The van der Waals surface area contributed by atoms with Crippen molar-refractivity contribution in [3.63, 3.8) is 0 Å². The molecule has 132 valence electrons. The molecule has 1 amide bonds. The second-order valence-corrected chi connectivity index (χ2v) is 5.78. The summed E-state index contributed by atoms with van der Waals surface area (Å²) in [4.78, 5) is 24.0. The Morgan fingerprint density at radius 3 is 2.42 bits per heavy atom. The van der Waals surface area contributed by atoms with Gasteiger partial charge in [-0.1, -0.05) is 40.5 Å². The van der Waals surface area contributed by atoms with E-state index in [1.54, 1.807) is 12.1 Å². The summed E-state index contributed by atoms with van der Waals surface area (Å²) in [5, 5.41) is 10.0. The molecule has 0 aliphatic heterocycles. The zero-order valence-corrected chi connectivity index (χ0v) is 14.4. The zero-order chi connectivity index (χ0) is 18.5. The van der Waals surface area contributed by atoms with Gasteiger partial charge in [0.05, 0.1) is 5.56 Å². The normalized spacial score (nSPS) is 10.4. The van der Waals surface area contributed by atoms with Crippen LogP contribution in [0.15, 0.2) is 52.9 Å². The number of esters is 1. The monoisotopic (exact) mass is 351 g/mol. The number of rotatable bonds is 5. The number of carbonyl (C=O) groups is 2. The fourth-order valence-electron chi connectivity index (χ4n) is 2.43. The molecule has 0 aliphatic carbocycles. The van der Waals surface area contributed by atoms with Gasteiger partial charge in [0, 0.05) is 5.56 Å². The van der Waals surface area contributed by atoms with Gasteiger partial charge in [-0.15, -0.1) is 5.10 Å². The number of benzene rings is 2. The highest BCUT2D eigenvalue weighted by Gasteiger charge is 2.14. The number of nitrogens with zero attached hydrogens (tertiary/aromatic N) is 2. The van der Waals surface area contributed by atoms with Crippen LogP contribution in [0.2, 0.25) is 0 Å². The van der Waals surface area contributed by atoms with Crippen molar-refractivity contribution >= 4 is 17.9 Å². The van der Waals surface area contributed by atoms with Gasteiger partial charge in [0.2, 0.25) is 5.89 Å². The van der Waals surface area contributed by atoms with E-state index >= 15 is 0 Å². The first-order chi connectivity index (χ1) is 12.5. The van der Waals surface area contributed by atoms with Gasteiger partial charge in [-0.05, 0) is 38.1 Å². The zero-order valence-electron chi connectivity index (χ0n) is 14.4. The SMILES string of the molecule is Cc1cc(C)cc(C(=O)OCC(=O)Nc2nnc(-c3ccccc3)o2)c1. The van der Waals surface area contributed by atoms with Crippen molar-refractivity contribution in [2.24, 2.45) is 0 Å². The molecule has 0 aliphatic rings. The first-order valence-corrected chi connectivity index (χ1v) is 7.95. The van der Waals surface area contributed by atoms with Gasteiger partial charge in [-0.3, -0.25) is 10.1 Å². The molecule has 0 saturated heterocycles. The highest BCUT2D eigenvalue weighted by atomic mass is 16.5. The topological polar surface area (TPSA) is 94.3 Å². The lowest BCUT2D eigenvalue weighted by molar-refractivity contribution is -0.119. The standard InChI is InChI=1S/C19H17N3O4/c1-12-8-13(2)10-15(9-12)18(24)25-11-16(23)20-19-22-21-17(26-19)14-6-4-3-5-7-14/h3-10H,11H2,1-2H3,(H,20,22,23). The fourth-order valence-corrected chi connectivity index (χ4v) is 2.43. The third-order valence-corrected chi connectivity index (χ3v) is 3.48. The van der Waals surface area contributed by atoms with E-state index in [4.69, 9.17) is 9.15 Å². The summed E-state index contributed by atoms with van der Waals surface area (Å²) in [6.07, 6.45) is 0. The third-order valence-electron chi connectivity index (χ3n) is 3.48. The average Bonchev–Trinajstić information content (AvgIpc) is 3.08. The molecule has 3 aromatic rings. The first-order valence-electron chi connectivity index (χ1n) is 7.95. The Labute approximate surface area is 150 Å².